The molecule has 20 heavy (non-hydrogen) atoms. The SMILES string of the molecule is COc1ccccc1CNc1ccc(OCCO)cc1. The van der Waals surface area contributed by atoms with Gasteiger partial charge in [0, 0.05) is 17.8 Å². The molecule has 2 rings (SSSR count). The van der Waals surface area contributed by atoms with Crippen LogP contribution in [0.5, 0.6) is 11.5 Å². The molecule has 0 atom stereocenters. The van der Waals surface area contributed by atoms with E-state index < -0.39 is 0 Å². The fourth-order valence-corrected chi connectivity index (χ4v) is 1.88. The second kappa shape index (κ2) is 7.40. The zero-order chi connectivity index (χ0) is 14.2. The van der Waals surface area contributed by atoms with Crippen LogP contribution in [-0.2, 0) is 6.54 Å². The van der Waals surface area contributed by atoms with Gasteiger partial charge in [0.05, 0.1) is 13.7 Å². The van der Waals surface area contributed by atoms with E-state index in [9.17, 15) is 0 Å². The van der Waals surface area contributed by atoms with Gasteiger partial charge in [-0.25, -0.2) is 0 Å². The highest BCUT2D eigenvalue weighted by molar-refractivity contribution is 5.47. The number of para-hydroxylation sites is 1. The van der Waals surface area contributed by atoms with Crippen molar-refractivity contribution in [3.05, 3.63) is 54.1 Å². The number of anilines is 1. The Morgan fingerprint density at radius 1 is 1.05 bits per heavy atom. The lowest BCUT2D eigenvalue weighted by molar-refractivity contribution is 0.201. The molecule has 0 fully saturated rings. The Balaban J connectivity index is 1.93. The van der Waals surface area contributed by atoms with E-state index >= 15 is 0 Å². The Morgan fingerprint density at radius 3 is 2.50 bits per heavy atom. The fraction of sp³-hybridized carbons (Fsp3) is 0.250. The summed E-state index contributed by atoms with van der Waals surface area (Å²) in [7, 11) is 1.67. The Bertz CT molecular complexity index is 526. The van der Waals surface area contributed by atoms with Crippen LogP contribution in [0.3, 0.4) is 0 Å². The van der Waals surface area contributed by atoms with E-state index in [-0.39, 0.29) is 6.61 Å². The molecule has 0 radical (unpaired) electrons. The minimum Gasteiger partial charge on any atom is -0.496 e. The number of rotatable bonds is 7. The number of hydrogen-bond donors (Lipinski definition) is 2. The maximum atomic E-state index is 8.69. The zero-order valence-electron chi connectivity index (χ0n) is 11.5. The van der Waals surface area contributed by atoms with Gasteiger partial charge in [0.25, 0.3) is 0 Å². The molecule has 0 spiro atoms. The predicted molar refractivity (Wildman–Crippen MR) is 79.3 cm³/mol. The first-order chi connectivity index (χ1) is 9.83. The van der Waals surface area contributed by atoms with Gasteiger partial charge in [0.1, 0.15) is 18.1 Å². The number of aliphatic hydroxyl groups is 1. The predicted octanol–water partition coefficient (Wildman–Crippen LogP) is 2.68. The van der Waals surface area contributed by atoms with Crippen LogP contribution in [0.2, 0.25) is 0 Å². The Hall–Kier alpha value is -2.20. The zero-order valence-corrected chi connectivity index (χ0v) is 11.5. The largest absolute Gasteiger partial charge is 0.496 e. The van der Waals surface area contributed by atoms with Crippen LogP contribution in [-0.4, -0.2) is 25.4 Å². The second-order valence-corrected chi connectivity index (χ2v) is 4.26. The van der Waals surface area contributed by atoms with Crippen molar-refractivity contribution in [3.8, 4) is 11.5 Å². The monoisotopic (exact) mass is 273 g/mol. The van der Waals surface area contributed by atoms with Crippen molar-refractivity contribution in [2.45, 2.75) is 6.54 Å². The highest BCUT2D eigenvalue weighted by Crippen LogP contribution is 2.20. The first kappa shape index (κ1) is 14.2. The van der Waals surface area contributed by atoms with Crippen molar-refractivity contribution in [2.75, 3.05) is 25.6 Å². The average molecular weight is 273 g/mol. The minimum atomic E-state index is 0.0216. The lowest BCUT2D eigenvalue weighted by Gasteiger charge is -2.11. The van der Waals surface area contributed by atoms with Crippen molar-refractivity contribution in [3.63, 3.8) is 0 Å². The van der Waals surface area contributed by atoms with Crippen LogP contribution < -0.4 is 14.8 Å². The summed E-state index contributed by atoms with van der Waals surface area (Å²) in [6.07, 6.45) is 0. The van der Waals surface area contributed by atoms with Gasteiger partial charge in [-0.2, -0.15) is 0 Å². The number of methoxy groups -OCH3 is 1. The van der Waals surface area contributed by atoms with Gasteiger partial charge in [-0.05, 0) is 30.3 Å². The Kier molecular flexibility index (Phi) is 5.26. The summed E-state index contributed by atoms with van der Waals surface area (Å²) >= 11 is 0. The van der Waals surface area contributed by atoms with Crippen molar-refractivity contribution in [1.82, 2.24) is 0 Å². The molecule has 0 aliphatic carbocycles. The normalized spacial score (nSPS) is 10.1. The van der Waals surface area contributed by atoms with E-state index in [1.807, 2.05) is 48.5 Å². The smallest absolute Gasteiger partial charge is 0.123 e. The molecular weight excluding hydrogens is 254 g/mol. The molecule has 0 saturated heterocycles. The summed E-state index contributed by atoms with van der Waals surface area (Å²) in [5, 5.41) is 12.0. The van der Waals surface area contributed by atoms with Gasteiger partial charge in [-0.15, -0.1) is 0 Å². The summed E-state index contributed by atoms with van der Waals surface area (Å²) in [4.78, 5) is 0. The van der Waals surface area contributed by atoms with E-state index in [2.05, 4.69) is 5.32 Å². The molecule has 2 aromatic carbocycles. The van der Waals surface area contributed by atoms with E-state index in [1.54, 1.807) is 7.11 Å². The highest BCUT2D eigenvalue weighted by atomic mass is 16.5. The molecule has 2 N–H and O–H groups in total. The van der Waals surface area contributed by atoms with Crippen LogP contribution in [0.15, 0.2) is 48.5 Å². The van der Waals surface area contributed by atoms with Gasteiger partial charge in [-0.1, -0.05) is 18.2 Å². The third kappa shape index (κ3) is 3.90. The van der Waals surface area contributed by atoms with Gasteiger partial charge >= 0.3 is 0 Å². The third-order valence-electron chi connectivity index (χ3n) is 2.89. The fourth-order valence-electron chi connectivity index (χ4n) is 1.88. The van der Waals surface area contributed by atoms with Crippen molar-refractivity contribution in [2.24, 2.45) is 0 Å². The molecule has 0 aliphatic rings. The molecule has 0 heterocycles. The van der Waals surface area contributed by atoms with Crippen LogP contribution in [0, 0.1) is 0 Å². The molecule has 0 bridgehead atoms. The number of hydrogen-bond acceptors (Lipinski definition) is 4. The molecule has 0 aliphatic heterocycles. The first-order valence-electron chi connectivity index (χ1n) is 6.53. The summed E-state index contributed by atoms with van der Waals surface area (Å²) in [5.74, 6) is 1.63. The maximum absolute atomic E-state index is 8.69. The quantitative estimate of drug-likeness (QED) is 0.814. The molecule has 0 saturated carbocycles. The molecule has 0 amide bonds. The molecule has 4 heteroatoms. The number of ether oxygens (including phenoxy) is 2. The Labute approximate surface area is 119 Å². The lowest BCUT2D eigenvalue weighted by atomic mass is 10.2. The van der Waals surface area contributed by atoms with Gasteiger partial charge < -0.3 is 19.9 Å². The van der Waals surface area contributed by atoms with E-state index in [1.165, 1.54) is 0 Å². The van der Waals surface area contributed by atoms with Crippen LogP contribution in [0.1, 0.15) is 5.56 Å². The van der Waals surface area contributed by atoms with Crippen LogP contribution >= 0.6 is 0 Å². The molecule has 0 unspecified atom stereocenters. The van der Waals surface area contributed by atoms with Crippen LogP contribution in [0.25, 0.3) is 0 Å². The summed E-state index contributed by atoms with van der Waals surface area (Å²) < 4.78 is 10.6. The first-order valence-corrected chi connectivity index (χ1v) is 6.53. The van der Waals surface area contributed by atoms with E-state index in [4.69, 9.17) is 14.6 Å². The number of aliphatic hydroxyl groups excluding tert-OH is 1. The van der Waals surface area contributed by atoms with E-state index in [0.29, 0.717) is 13.2 Å². The summed E-state index contributed by atoms with van der Waals surface area (Å²) in [6, 6.07) is 15.6. The number of benzene rings is 2. The van der Waals surface area contributed by atoms with Crippen molar-refractivity contribution >= 4 is 5.69 Å². The summed E-state index contributed by atoms with van der Waals surface area (Å²) in [6.45, 7) is 1.03. The molecule has 0 aromatic heterocycles. The second-order valence-electron chi connectivity index (χ2n) is 4.26. The highest BCUT2D eigenvalue weighted by Gasteiger charge is 2.01. The Morgan fingerprint density at radius 2 is 1.80 bits per heavy atom. The molecule has 106 valence electrons. The van der Waals surface area contributed by atoms with Gasteiger partial charge in [0.2, 0.25) is 0 Å². The minimum absolute atomic E-state index is 0.0216. The van der Waals surface area contributed by atoms with Gasteiger partial charge in [0.15, 0.2) is 0 Å². The molecular formula is C16H19NO3. The van der Waals surface area contributed by atoms with Crippen LogP contribution in [0.4, 0.5) is 5.69 Å². The summed E-state index contributed by atoms with van der Waals surface area (Å²) in [5.41, 5.74) is 2.11. The third-order valence-corrected chi connectivity index (χ3v) is 2.89. The van der Waals surface area contributed by atoms with Crippen molar-refractivity contribution in [1.29, 1.82) is 0 Å². The molecule has 4 nitrogen and oxygen atoms in total. The lowest BCUT2D eigenvalue weighted by Crippen LogP contribution is -2.03. The van der Waals surface area contributed by atoms with Crippen molar-refractivity contribution < 1.29 is 14.6 Å². The maximum Gasteiger partial charge on any atom is 0.123 e. The topological polar surface area (TPSA) is 50.7 Å². The van der Waals surface area contributed by atoms with Gasteiger partial charge in [-0.3, -0.25) is 0 Å². The standard InChI is InChI=1S/C16H19NO3/c1-19-16-5-3-2-4-13(16)12-17-14-6-8-15(9-7-14)20-11-10-18/h2-9,17-18H,10-12H2,1H3. The molecule has 2 aromatic rings. The average Bonchev–Trinajstić information content (AvgIpc) is 2.52. The number of nitrogens with one attached hydrogen (secondary N) is 1. The van der Waals surface area contributed by atoms with E-state index in [0.717, 1.165) is 22.7 Å².